The molecule has 8 heteroatoms. The van der Waals surface area contributed by atoms with Gasteiger partial charge in [-0.15, -0.1) is 0 Å². The van der Waals surface area contributed by atoms with Crippen molar-refractivity contribution in [1.82, 2.24) is 10.2 Å². The summed E-state index contributed by atoms with van der Waals surface area (Å²) in [4.78, 5) is 14.6. The van der Waals surface area contributed by atoms with Crippen LogP contribution in [0, 0.1) is 5.92 Å². The molecule has 2 heterocycles. The second-order valence-corrected chi connectivity index (χ2v) is 10.00. The smallest absolute Gasteiger partial charge is 0.223 e. The first-order chi connectivity index (χ1) is 18.6. The maximum absolute atomic E-state index is 12.2. The van der Waals surface area contributed by atoms with E-state index in [1.54, 1.807) is 7.11 Å². The van der Waals surface area contributed by atoms with Crippen molar-refractivity contribution in [2.45, 2.75) is 19.4 Å². The highest BCUT2D eigenvalue weighted by atomic mass is 35.5. The number of fused-ring (bicyclic) bond motifs is 1. The third kappa shape index (κ3) is 5.75. The lowest BCUT2D eigenvalue weighted by atomic mass is 9.95. The number of carbonyl (C=O) groups excluding carboxylic acids is 1. The molecule has 0 unspecified atom stereocenters. The van der Waals surface area contributed by atoms with Gasteiger partial charge in [0.2, 0.25) is 5.91 Å². The Hall–Kier alpha value is -3.26. The minimum Gasteiger partial charge on any atom is -0.496 e. The average molecular weight is 537 g/mol. The molecule has 0 atom stereocenters. The number of carbonyl (C=O) groups is 1. The second kappa shape index (κ2) is 12.1. The number of likely N-dealkylation sites (tertiary alicyclic amines) is 1. The molecule has 3 aromatic carbocycles. The number of nitrogens with one attached hydrogen (secondary N) is 1. The van der Waals surface area contributed by atoms with Crippen molar-refractivity contribution in [3.05, 3.63) is 65.2 Å². The van der Waals surface area contributed by atoms with Gasteiger partial charge in [0.25, 0.3) is 0 Å². The molecule has 3 aromatic rings. The van der Waals surface area contributed by atoms with Crippen molar-refractivity contribution in [2.75, 3.05) is 46.6 Å². The van der Waals surface area contributed by atoms with E-state index in [0.29, 0.717) is 24.8 Å². The number of ether oxygens (including phenoxy) is 3. The van der Waals surface area contributed by atoms with Gasteiger partial charge in [0.05, 0.1) is 18.7 Å². The molecule has 2 aliphatic rings. The van der Waals surface area contributed by atoms with Crippen molar-refractivity contribution in [3.8, 4) is 39.5 Å². The summed E-state index contributed by atoms with van der Waals surface area (Å²) in [5.41, 5.74) is 4.90. The summed E-state index contributed by atoms with van der Waals surface area (Å²) < 4.78 is 17.2. The molecule has 0 spiro atoms. The van der Waals surface area contributed by atoms with Gasteiger partial charge in [0.1, 0.15) is 19.0 Å². The predicted molar refractivity (Wildman–Crippen MR) is 148 cm³/mol. The first-order valence-electron chi connectivity index (χ1n) is 13.0. The van der Waals surface area contributed by atoms with Gasteiger partial charge in [-0.3, -0.25) is 9.69 Å². The lowest BCUT2D eigenvalue weighted by molar-refractivity contribution is -0.126. The van der Waals surface area contributed by atoms with Crippen molar-refractivity contribution >= 4 is 17.5 Å². The standard InChI is InChI=1S/C30H33ClN2O5/c1-36-27-17-21(5-6-23(27)19-33-12-9-20(10-13-33)30(35)32-11-14-34)24-3-2-4-25(29(24)31)22-7-8-26-28(18-22)38-16-15-37-26/h2-8,17-18,20,34H,9-16,19H2,1H3,(H,32,35). The summed E-state index contributed by atoms with van der Waals surface area (Å²) in [6.07, 6.45) is 1.61. The lowest BCUT2D eigenvalue weighted by Crippen LogP contribution is -2.40. The Balaban J connectivity index is 1.31. The Morgan fingerprint density at radius 3 is 2.42 bits per heavy atom. The minimum absolute atomic E-state index is 0.00527. The maximum Gasteiger partial charge on any atom is 0.223 e. The number of piperidine rings is 1. The number of methoxy groups -OCH3 is 1. The van der Waals surface area contributed by atoms with Crippen molar-refractivity contribution in [1.29, 1.82) is 0 Å². The van der Waals surface area contributed by atoms with E-state index in [2.05, 4.69) is 22.3 Å². The van der Waals surface area contributed by atoms with Crippen LogP contribution in [0.3, 0.4) is 0 Å². The molecule has 0 aromatic heterocycles. The van der Waals surface area contributed by atoms with Crippen LogP contribution in [-0.4, -0.2) is 62.5 Å². The fourth-order valence-electron chi connectivity index (χ4n) is 5.15. The zero-order chi connectivity index (χ0) is 26.5. The van der Waals surface area contributed by atoms with Crippen LogP contribution in [0.2, 0.25) is 5.02 Å². The number of amides is 1. The number of halogens is 1. The van der Waals surface area contributed by atoms with E-state index in [0.717, 1.165) is 77.5 Å². The maximum atomic E-state index is 12.2. The molecule has 200 valence electrons. The molecule has 5 rings (SSSR count). The van der Waals surface area contributed by atoms with Gasteiger partial charge >= 0.3 is 0 Å². The molecule has 38 heavy (non-hydrogen) atoms. The van der Waals surface area contributed by atoms with Gasteiger partial charge in [-0.2, -0.15) is 0 Å². The summed E-state index contributed by atoms with van der Waals surface area (Å²) in [5, 5.41) is 12.4. The van der Waals surface area contributed by atoms with Crippen LogP contribution in [0.15, 0.2) is 54.6 Å². The zero-order valence-corrected chi connectivity index (χ0v) is 22.3. The Labute approximate surface area is 228 Å². The Bertz CT molecular complexity index is 1290. The molecule has 1 saturated heterocycles. The SMILES string of the molecule is COc1cc(-c2cccc(-c3ccc4c(c3)OCCO4)c2Cl)ccc1CN1CCC(C(=O)NCCO)CC1. The van der Waals surface area contributed by atoms with E-state index in [9.17, 15) is 4.79 Å². The Morgan fingerprint density at radius 1 is 1.03 bits per heavy atom. The van der Waals surface area contributed by atoms with Gasteiger partial charge in [-0.1, -0.05) is 48.0 Å². The van der Waals surface area contributed by atoms with Gasteiger partial charge in [0, 0.05) is 35.7 Å². The molecule has 2 N–H and O–H groups in total. The third-order valence-corrected chi connectivity index (χ3v) is 7.62. The second-order valence-electron chi connectivity index (χ2n) is 9.62. The molecule has 0 bridgehead atoms. The van der Waals surface area contributed by atoms with E-state index < -0.39 is 0 Å². The highest BCUT2D eigenvalue weighted by Gasteiger charge is 2.25. The summed E-state index contributed by atoms with van der Waals surface area (Å²) in [6, 6.07) is 18.2. The average Bonchev–Trinajstić information content (AvgIpc) is 2.96. The van der Waals surface area contributed by atoms with Gasteiger partial charge in [-0.25, -0.2) is 0 Å². The van der Waals surface area contributed by atoms with Crippen LogP contribution < -0.4 is 19.5 Å². The van der Waals surface area contributed by atoms with Crippen molar-refractivity contribution < 1.29 is 24.1 Å². The van der Waals surface area contributed by atoms with Crippen LogP contribution in [-0.2, 0) is 11.3 Å². The molecule has 1 amide bonds. The highest BCUT2D eigenvalue weighted by molar-refractivity contribution is 6.36. The van der Waals surface area contributed by atoms with Crippen LogP contribution >= 0.6 is 11.6 Å². The highest BCUT2D eigenvalue weighted by Crippen LogP contribution is 2.41. The Kier molecular flexibility index (Phi) is 8.37. The fourth-order valence-corrected chi connectivity index (χ4v) is 5.49. The summed E-state index contributed by atoms with van der Waals surface area (Å²) in [5.74, 6) is 2.34. The van der Waals surface area contributed by atoms with Gasteiger partial charge in [-0.05, 0) is 55.3 Å². The number of aliphatic hydroxyl groups is 1. The normalized spacial score (nSPS) is 15.8. The number of aliphatic hydroxyl groups excluding tert-OH is 1. The molecule has 2 aliphatic heterocycles. The quantitative estimate of drug-likeness (QED) is 0.431. The summed E-state index contributed by atoms with van der Waals surface area (Å²) >= 11 is 6.96. The molecule has 0 radical (unpaired) electrons. The van der Waals surface area contributed by atoms with Crippen LogP contribution in [0.1, 0.15) is 18.4 Å². The molecule has 0 saturated carbocycles. The first kappa shape index (κ1) is 26.4. The monoisotopic (exact) mass is 536 g/mol. The number of hydrogen-bond acceptors (Lipinski definition) is 6. The first-order valence-corrected chi connectivity index (χ1v) is 13.4. The van der Waals surface area contributed by atoms with Crippen molar-refractivity contribution in [2.24, 2.45) is 5.92 Å². The number of hydrogen-bond donors (Lipinski definition) is 2. The van der Waals surface area contributed by atoms with E-state index in [-0.39, 0.29) is 18.4 Å². The number of rotatable bonds is 8. The fraction of sp³-hybridized carbons (Fsp3) is 0.367. The van der Waals surface area contributed by atoms with Crippen LogP contribution in [0.5, 0.6) is 17.2 Å². The molecule has 1 fully saturated rings. The zero-order valence-electron chi connectivity index (χ0n) is 21.5. The summed E-state index contributed by atoms with van der Waals surface area (Å²) in [6.45, 7) is 3.80. The predicted octanol–water partition coefficient (Wildman–Crippen LogP) is 4.77. The third-order valence-electron chi connectivity index (χ3n) is 7.21. The van der Waals surface area contributed by atoms with Gasteiger partial charge < -0.3 is 24.6 Å². The van der Waals surface area contributed by atoms with E-state index in [4.69, 9.17) is 30.9 Å². The van der Waals surface area contributed by atoms with Crippen molar-refractivity contribution in [3.63, 3.8) is 0 Å². The minimum atomic E-state index is -0.0334. The van der Waals surface area contributed by atoms with E-state index >= 15 is 0 Å². The van der Waals surface area contributed by atoms with E-state index in [1.807, 2.05) is 42.5 Å². The number of benzene rings is 3. The molecule has 7 nitrogen and oxygen atoms in total. The molecular weight excluding hydrogens is 504 g/mol. The van der Waals surface area contributed by atoms with Crippen LogP contribution in [0.4, 0.5) is 0 Å². The largest absolute Gasteiger partial charge is 0.496 e. The molecule has 0 aliphatic carbocycles. The number of nitrogens with zero attached hydrogens (tertiary/aromatic N) is 1. The summed E-state index contributed by atoms with van der Waals surface area (Å²) in [7, 11) is 1.69. The lowest BCUT2D eigenvalue weighted by Gasteiger charge is -2.31. The molecular formula is C30H33ClN2O5. The van der Waals surface area contributed by atoms with Crippen LogP contribution in [0.25, 0.3) is 22.3 Å². The van der Waals surface area contributed by atoms with E-state index in [1.165, 1.54) is 0 Å². The topological polar surface area (TPSA) is 80.3 Å². The van der Waals surface area contributed by atoms with Gasteiger partial charge in [0.15, 0.2) is 11.5 Å². The Morgan fingerprint density at radius 2 is 1.71 bits per heavy atom.